The summed E-state index contributed by atoms with van der Waals surface area (Å²) in [6.07, 6.45) is 0.0728. The minimum atomic E-state index is -0.806. The van der Waals surface area contributed by atoms with Gasteiger partial charge in [0.2, 0.25) is 5.88 Å². The van der Waals surface area contributed by atoms with E-state index in [1.54, 1.807) is 25.1 Å². The van der Waals surface area contributed by atoms with Crippen LogP contribution in [0.2, 0.25) is 5.02 Å². The molecule has 1 heterocycles. The Morgan fingerprint density at radius 2 is 2.00 bits per heavy atom. The molecule has 0 radical (unpaired) electrons. The molecule has 3 aromatic rings. The van der Waals surface area contributed by atoms with Crippen LogP contribution in [0.1, 0.15) is 25.0 Å². The van der Waals surface area contributed by atoms with E-state index in [-0.39, 0.29) is 17.3 Å². The first-order valence-corrected chi connectivity index (χ1v) is 9.68. The summed E-state index contributed by atoms with van der Waals surface area (Å²) < 4.78 is 6.89. The van der Waals surface area contributed by atoms with Crippen molar-refractivity contribution in [1.29, 1.82) is 0 Å². The maximum Gasteiger partial charge on any atom is 0.271 e. The number of nitrogens with zero attached hydrogens (tertiary/aromatic N) is 2. The van der Waals surface area contributed by atoms with Gasteiger partial charge < -0.3 is 10.1 Å². The SMILES string of the molecule is CCc1cccc(NC(=O)[C@H](C)Oc2ccc(=O)n(-c3cc(Cl)ccc3C)n2)c1. The Hall–Kier alpha value is -3.12. The molecule has 7 heteroatoms. The van der Waals surface area contributed by atoms with E-state index in [2.05, 4.69) is 17.3 Å². The van der Waals surface area contributed by atoms with E-state index in [1.807, 2.05) is 31.2 Å². The van der Waals surface area contributed by atoms with Gasteiger partial charge in [0, 0.05) is 22.8 Å². The van der Waals surface area contributed by atoms with Crippen LogP contribution < -0.4 is 15.6 Å². The average molecular weight is 412 g/mol. The van der Waals surface area contributed by atoms with E-state index < -0.39 is 6.10 Å². The third kappa shape index (κ3) is 5.03. The van der Waals surface area contributed by atoms with Crippen LogP contribution in [0.4, 0.5) is 5.69 Å². The summed E-state index contributed by atoms with van der Waals surface area (Å²) in [6.45, 7) is 5.53. The van der Waals surface area contributed by atoms with Gasteiger partial charge in [0.1, 0.15) is 0 Å². The Kier molecular flexibility index (Phi) is 6.34. The largest absolute Gasteiger partial charge is 0.463 e. The van der Waals surface area contributed by atoms with Crippen molar-refractivity contribution in [3.05, 3.63) is 81.1 Å². The monoisotopic (exact) mass is 411 g/mol. The smallest absolute Gasteiger partial charge is 0.271 e. The van der Waals surface area contributed by atoms with E-state index in [9.17, 15) is 9.59 Å². The van der Waals surface area contributed by atoms with Crippen molar-refractivity contribution < 1.29 is 9.53 Å². The molecule has 0 saturated carbocycles. The second kappa shape index (κ2) is 8.92. The highest BCUT2D eigenvalue weighted by Crippen LogP contribution is 2.19. The van der Waals surface area contributed by atoms with Gasteiger partial charge in [-0.2, -0.15) is 4.68 Å². The highest BCUT2D eigenvalue weighted by atomic mass is 35.5. The van der Waals surface area contributed by atoms with Crippen molar-refractivity contribution in [3.63, 3.8) is 0 Å². The summed E-state index contributed by atoms with van der Waals surface area (Å²) in [7, 11) is 0. The number of rotatable bonds is 6. The number of nitrogens with one attached hydrogen (secondary N) is 1. The van der Waals surface area contributed by atoms with Gasteiger partial charge in [-0.05, 0) is 55.7 Å². The van der Waals surface area contributed by atoms with Crippen LogP contribution in [0, 0.1) is 6.92 Å². The number of amides is 1. The molecule has 0 spiro atoms. The molecule has 2 aromatic carbocycles. The van der Waals surface area contributed by atoms with Gasteiger partial charge in [0.15, 0.2) is 6.10 Å². The second-order valence-corrected chi connectivity index (χ2v) is 7.09. The van der Waals surface area contributed by atoms with Gasteiger partial charge in [-0.3, -0.25) is 9.59 Å². The van der Waals surface area contributed by atoms with Crippen molar-refractivity contribution in [2.45, 2.75) is 33.3 Å². The molecule has 150 valence electrons. The molecule has 0 aliphatic heterocycles. The molecule has 0 aliphatic carbocycles. The lowest BCUT2D eigenvalue weighted by Crippen LogP contribution is -2.31. The van der Waals surface area contributed by atoms with E-state index >= 15 is 0 Å². The number of aryl methyl sites for hydroxylation is 2. The summed E-state index contributed by atoms with van der Waals surface area (Å²) in [5, 5.41) is 7.57. The minimum absolute atomic E-state index is 0.161. The van der Waals surface area contributed by atoms with E-state index in [0.29, 0.717) is 16.4 Å². The molecule has 0 unspecified atom stereocenters. The number of hydrogen-bond acceptors (Lipinski definition) is 4. The number of carbonyl (C=O) groups is 1. The van der Waals surface area contributed by atoms with Crippen molar-refractivity contribution >= 4 is 23.2 Å². The maximum atomic E-state index is 12.5. The molecular weight excluding hydrogens is 390 g/mol. The Labute approximate surface area is 174 Å². The van der Waals surface area contributed by atoms with E-state index in [0.717, 1.165) is 17.5 Å². The standard InChI is InChI=1S/C22H22ClN3O3/c1-4-16-6-5-7-18(12-16)24-22(28)15(3)29-20-10-11-21(27)26(25-20)19-13-17(23)9-8-14(19)2/h5-13,15H,4H2,1-3H3,(H,24,28)/t15-/m0/s1. The third-order valence-electron chi connectivity index (χ3n) is 4.44. The Morgan fingerprint density at radius 3 is 2.76 bits per heavy atom. The van der Waals surface area contributed by atoms with E-state index in [4.69, 9.17) is 16.3 Å². The quantitative estimate of drug-likeness (QED) is 0.660. The molecule has 1 aromatic heterocycles. The minimum Gasteiger partial charge on any atom is -0.463 e. The van der Waals surface area contributed by atoms with Crippen molar-refractivity contribution in [2.24, 2.45) is 0 Å². The Morgan fingerprint density at radius 1 is 1.21 bits per heavy atom. The first-order valence-electron chi connectivity index (χ1n) is 9.30. The molecule has 1 atom stereocenters. The lowest BCUT2D eigenvalue weighted by molar-refractivity contribution is -0.122. The third-order valence-corrected chi connectivity index (χ3v) is 4.68. The summed E-state index contributed by atoms with van der Waals surface area (Å²) >= 11 is 6.06. The van der Waals surface area contributed by atoms with Gasteiger partial charge in [-0.1, -0.05) is 36.7 Å². The van der Waals surface area contributed by atoms with E-state index in [1.165, 1.54) is 16.8 Å². The molecule has 0 fully saturated rings. The number of carbonyl (C=O) groups excluding carboxylic acids is 1. The molecule has 29 heavy (non-hydrogen) atoms. The first kappa shape index (κ1) is 20.6. The molecule has 6 nitrogen and oxygen atoms in total. The highest BCUT2D eigenvalue weighted by Gasteiger charge is 2.17. The van der Waals surface area contributed by atoms with Crippen molar-refractivity contribution in [3.8, 4) is 11.6 Å². The fraction of sp³-hybridized carbons (Fsp3) is 0.227. The van der Waals surface area contributed by atoms with Gasteiger partial charge >= 0.3 is 0 Å². The summed E-state index contributed by atoms with van der Waals surface area (Å²) in [5.41, 5.74) is 2.90. The number of ether oxygens (including phenoxy) is 1. The van der Waals surface area contributed by atoms with Gasteiger partial charge in [-0.25, -0.2) is 0 Å². The lowest BCUT2D eigenvalue weighted by Gasteiger charge is -2.15. The molecule has 0 saturated heterocycles. The zero-order valence-corrected chi connectivity index (χ0v) is 17.2. The zero-order valence-electron chi connectivity index (χ0n) is 16.5. The molecule has 3 rings (SSSR count). The second-order valence-electron chi connectivity index (χ2n) is 6.66. The molecule has 0 aliphatic rings. The average Bonchev–Trinajstić information content (AvgIpc) is 2.71. The molecule has 1 N–H and O–H groups in total. The predicted molar refractivity (Wildman–Crippen MR) is 114 cm³/mol. The van der Waals surface area contributed by atoms with Crippen LogP contribution in [0.25, 0.3) is 5.69 Å². The molecule has 1 amide bonds. The molecular formula is C22H22ClN3O3. The number of benzene rings is 2. The van der Waals surface area contributed by atoms with Crippen LogP contribution in [0.15, 0.2) is 59.4 Å². The van der Waals surface area contributed by atoms with Gasteiger partial charge in [-0.15, -0.1) is 5.10 Å². The first-order chi connectivity index (χ1) is 13.9. The highest BCUT2D eigenvalue weighted by molar-refractivity contribution is 6.30. The van der Waals surface area contributed by atoms with Crippen molar-refractivity contribution in [2.75, 3.05) is 5.32 Å². The van der Waals surface area contributed by atoms with Crippen LogP contribution in [0.5, 0.6) is 5.88 Å². The van der Waals surface area contributed by atoms with Crippen molar-refractivity contribution in [1.82, 2.24) is 9.78 Å². The zero-order chi connectivity index (χ0) is 21.0. The van der Waals surface area contributed by atoms with Gasteiger partial charge in [0.25, 0.3) is 11.5 Å². The van der Waals surface area contributed by atoms with Crippen LogP contribution >= 0.6 is 11.6 Å². The number of anilines is 1. The number of hydrogen-bond donors (Lipinski definition) is 1. The lowest BCUT2D eigenvalue weighted by atomic mass is 10.1. The van der Waals surface area contributed by atoms with Crippen LogP contribution in [-0.2, 0) is 11.2 Å². The fourth-order valence-electron chi connectivity index (χ4n) is 2.79. The summed E-state index contributed by atoms with van der Waals surface area (Å²) in [6, 6.07) is 15.6. The Balaban J connectivity index is 1.78. The molecule has 0 bridgehead atoms. The van der Waals surface area contributed by atoms with Crippen LogP contribution in [0.3, 0.4) is 0 Å². The predicted octanol–water partition coefficient (Wildman–Crippen LogP) is 4.16. The maximum absolute atomic E-state index is 12.5. The number of halogens is 1. The number of aromatic nitrogens is 2. The summed E-state index contributed by atoms with van der Waals surface area (Å²) in [4.78, 5) is 24.8. The topological polar surface area (TPSA) is 73.2 Å². The van der Waals surface area contributed by atoms with Gasteiger partial charge in [0.05, 0.1) is 5.69 Å². The fourth-order valence-corrected chi connectivity index (χ4v) is 2.95. The summed E-state index contributed by atoms with van der Waals surface area (Å²) in [5.74, 6) is -0.148. The Bertz CT molecular complexity index is 1090. The normalized spacial score (nSPS) is 11.7. The van der Waals surface area contributed by atoms with Crippen LogP contribution in [-0.4, -0.2) is 21.8 Å².